The molecule has 0 saturated carbocycles. The lowest BCUT2D eigenvalue weighted by molar-refractivity contribution is 0.115. The van der Waals surface area contributed by atoms with Crippen LogP contribution in [-0.2, 0) is 0 Å². The van der Waals surface area contributed by atoms with Gasteiger partial charge in [-0.15, -0.1) is 0 Å². The lowest BCUT2D eigenvalue weighted by atomic mass is 10.2. The Morgan fingerprint density at radius 3 is 2.37 bits per heavy atom. The molecule has 106 valence electrons. The van der Waals surface area contributed by atoms with E-state index in [-0.39, 0.29) is 0 Å². The van der Waals surface area contributed by atoms with E-state index in [1.807, 2.05) is 12.1 Å². The second-order valence-corrected chi connectivity index (χ2v) is 4.88. The van der Waals surface area contributed by atoms with Crippen LogP contribution in [0.1, 0.15) is 0 Å². The molecule has 0 aliphatic carbocycles. The molecule has 1 saturated heterocycles. The van der Waals surface area contributed by atoms with Crippen LogP contribution in [0.15, 0.2) is 24.3 Å². The molecule has 5 nitrogen and oxygen atoms in total. The summed E-state index contributed by atoms with van der Waals surface area (Å²) in [6.45, 7) is 4.88. The third-order valence-electron chi connectivity index (χ3n) is 3.55. The summed E-state index contributed by atoms with van der Waals surface area (Å²) in [7, 11) is 1.68. The van der Waals surface area contributed by atoms with Crippen LogP contribution >= 0.6 is 0 Å². The molecule has 0 spiro atoms. The number of hydrogen-bond donors (Lipinski definition) is 2. The van der Waals surface area contributed by atoms with Crippen LogP contribution in [0.5, 0.6) is 5.75 Å². The first-order valence-corrected chi connectivity index (χ1v) is 6.72. The van der Waals surface area contributed by atoms with Crippen molar-refractivity contribution < 1.29 is 9.84 Å². The van der Waals surface area contributed by atoms with E-state index >= 15 is 0 Å². The molecule has 2 rings (SSSR count). The number of nitrogens with two attached hydrogens (primary N) is 1. The average molecular weight is 265 g/mol. The smallest absolute Gasteiger partial charge is 0.119 e. The zero-order valence-corrected chi connectivity index (χ0v) is 11.5. The highest BCUT2D eigenvalue weighted by molar-refractivity contribution is 5.49. The summed E-state index contributed by atoms with van der Waals surface area (Å²) >= 11 is 0. The number of ether oxygens (including phenoxy) is 1. The van der Waals surface area contributed by atoms with Gasteiger partial charge in [0, 0.05) is 45.0 Å². The number of nitrogens with zero attached hydrogens (tertiary/aromatic N) is 2. The maximum atomic E-state index is 9.56. The van der Waals surface area contributed by atoms with E-state index in [0.717, 1.165) is 31.9 Å². The Morgan fingerprint density at radius 1 is 1.21 bits per heavy atom. The lowest BCUT2D eigenvalue weighted by Gasteiger charge is -2.36. The highest BCUT2D eigenvalue weighted by Gasteiger charge is 2.18. The van der Waals surface area contributed by atoms with Crippen molar-refractivity contribution >= 4 is 5.69 Å². The highest BCUT2D eigenvalue weighted by Crippen LogP contribution is 2.20. The summed E-state index contributed by atoms with van der Waals surface area (Å²) in [5.41, 5.74) is 6.66. The van der Waals surface area contributed by atoms with Crippen molar-refractivity contribution in [2.75, 3.05) is 51.3 Å². The minimum Gasteiger partial charge on any atom is -0.497 e. The number of rotatable bonds is 5. The van der Waals surface area contributed by atoms with Crippen molar-refractivity contribution in [1.29, 1.82) is 0 Å². The van der Waals surface area contributed by atoms with Crippen molar-refractivity contribution in [2.24, 2.45) is 5.73 Å². The summed E-state index contributed by atoms with van der Waals surface area (Å²) in [4.78, 5) is 4.61. The Hall–Kier alpha value is -1.30. The molecule has 1 aliphatic heterocycles. The van der Waals surface area contributed by atoms with Gasteiger partial charge in [-0.3, -0.25) is 4.90 Å². The number of piperazine rings is 1. The van der Waals surface area contributed by atoms with Crippen molar-refractivity contribution in [3.8, 4) is 5.75 Å². The molecule has 1 unspecified atom stereocenters. The summed E-state index contributed by atoms with van der Waals surface area (Å²) in [6.07, 6.45) is -0.410. The van der Waals surface area contributed by atoms with E-state index in [2.05, 4.69) is 21.9 Å². The van der Waals surface area contributed by atoms with Crippen LogP contribution in [0, 0.1) is 0 Å². The number of aliphatic hydroxyl groups is 1. The van der Waals surface area contributed by atoms with E-state index in [1.54, 1.807) is 7.11 Å². The van der Waals surface area contributed by atoms with E-state index < -0.39 is 6.10 Å². The number of methoxy groups -OCH3 is 1. The topological polar surface area (TPSA) is 62.0 Å². The maximum absolute atomic E-state index is 9.56. The second kappa shape index (κ2) is 6.75. The van der Waals surface area contributed by atoms with Gasteiger partial charge in [0.15, 0.2) is 0 Å². The van der Waals surface area contributed by atoms with Gasteiger partial charge in [0.25, 0.3) is 0 Å². The van der Waals surface area contributed by atoms with Crippen LogP contribution < -0.4 is 15.4 Å². The number of benzene rings is 1. The monoisotopic (exact) mass is 265 g/mol. The van der Waals surface area contributed by atoms with Gasteiger partial charge >= 0.3 is 0 Å². The van der Waals surface area contributed by atoms with E-state index in [9.17, 15) is 5.11 Å². The van der Waals surface area contributed by atoms with E-state index in [4.69, 9.17) is 10.5 Å². The Balaban J connectivity index is 1.85. The van der Waals surface area contributed by atoms with E-state index in [1.165, 1.54) is 5.69 Å². The normalized spacial score (nSPS) is 18.4. The molecule has 1 aromatic rings. The van der Waals surface area contributed by atoms with Crippen LogP contribution in [0.25, 0.3) is 0 Å². The van der Waals surface area contributed by atoms with Gasteiger partial charge in [-0.05, 0) is 24.3 Å². The number of anilines is 1. The molecular weight excluding hydrogens is 242 g/mol. The fourth-order valence-electron chi connectivity index (χ4n) is 2.35. The zero-order valence-electron chi connectivity index (χ0n) is 11.5. The minimum atomic E-state index is -0.410. The lowest BCUT2D eigenvalue weighted by Crippen LogP contribution is -2.49. The standard InChI is InChI=1S/C14H23N3O2/c1-19-14-4-2-12(3-5-14)17-8-6-16(7-9-17)11-13(18)10-15/h2-5,13,18H,6-11,15H2,1H3. The molecule has 0 bridgehead atoms. The number of aliphatic hydroxyl groups excluding tert-OH is 1. The Kier molecular flexibility index (Phi) is 5.01. The zero-order chi connectivity index (χ0) is 13.7. The summed E-state index contributed by atoms with van der Waals surface area (Å²) in [6, 6.07) is 8.15. The molecule has 1 aromatic carbocycles. The molecule has 0 amide bonds. The van der Waals surface area contributed by atoms with E-state index in [0.29, 0.717) is 13.1 Å². The van der Waals surface area contributed by atoms with Crippen LogP contribution in [-0.4, -0.2) is 62.5 Å². The molecule has 3 N–H and O–H groups in total. The Bertz CT molecular complexity index is 375. The Labute approximate surface area is 114 Å². The van der Waals surface area contributed by atoms with Gasteiger partial charge in [-0.2, -0.15) is 0 Å². The van der Waals surface area contributed by atoms with Gasteiger partial charge in [0.05, 0.1) is 13.2 Å². The maximum Gasteiger partial charge on any atom is 0.119 e. The van der Waals surface area contributed by atoms with Crippen molar-refractivity contribution in [1.82, 2.24) is 4.90 Å². The number of hydrogen-bond acceptors (Lipinski definition) is 5. The van der Waals surface area contributed by atoms with Gasteiger partial charge in [0.2, 0.25) is 0 Å². The molecule has 1 aliphatic rings. The third-order valence-corrected chi connectivity index (χ3v) is 3.55. The Morgan fingerprint density at radius 2 is 1.84 bits per heavy atom. The van der Waals surface area contributed by atoms with Crippen molar-refractivity contribution in [3.05, 3.63) is 24.3 Å². The summed E-state index contributed by atoms with van der Waals surface area (Å²) in [5.74, 6) is 0.883. The van der Waals surface area contributed by atoms with Gasteiger partial charge in [-0.1, -0.05) is 0 Å². The van der Waals surface area contributed by atoms with Gasteiger partial charge < -0.3 is 20.5 Å². The molecule has 1 heterocycles. The molecule has 0 aromatic heterocycles. The minimum absolute atomic E-state index is 0.332. The van der Waals surface area contributed by atoms with Crippen molar-refractivity contribution in [2.45, 2.75) is 6.10 Å². The molecule has 5 heteroatoms. The largest absolute Gasteiger partial charge is 0.497 e. The van der Waals surface area contributed by atoms with Gasteiger partial charge in [0.1, 0.15) is 5.75 Å². The fourth-order valence-corrected chi connectivity index (χ4v) is 2.35. The highest BCUT2D eigenvalue weighted by atomic mass is 16.5. The van der Waals surface area contributed by atoms with Crippen LogP contribution in [0.3, 0.4) is 0 Å². The predicted molar refractivity (Wildman–Crippen MR) is 76.7 cm³/mol. The SMILES string of the molecule is COc1ccc(N2CCN(CC(O)CN)CC2)cc1. The molecule has 1 atom stereocenters. The predicted octanol–water partition coefficient (Wildman–Crippen LogP) is 0.137. The van der Waals surface area contributed by atoms with Crippen LogP contribution in [0.2, 0.25) is 0 Å². The molecule has 1 fully saturated rings. The number of β-amino-alcohol motifs (C(OH)–C–C–N with tert-alkyl or cyclic N) is 1. The molecule has 19 heavy (non-hydrogen) atoms. The summed E-state index contributed by atoms with van der Waals surface area (Å²) < 4.78 is 5.16. The first kappa shape index (κ1) is 14.1. The fraction of sp³-hybridized carbons (Fsp3) is 0.571. The molecular formula is C14H23N3O2. The molecule has 0 radical (unpaired) electrons. The first-order chi connectivity index (χ1) is 9.22. The second-order valence-electron chi connectivity index (χ2n) is 4.88. The first-order valence-electron chi connectivity index (χ1n) is 6.72. The average Bonchev–Trinajstić information content (AvgIpc) is 2.48. The summed E-state index contributed by atoms with van der Waals surface area (Å²) in [5, 5.41) is 9.56. The quantitative estimate of drug-likeness (QED) is 0.793. The third kappa shape index (κ3) is 3.83. The van der Waals surface area contributed by atoms with Crippen LogP contribution in [0.4, 0.5) is 5.69 Å². The van der Waals surface area contributed by atoms with Gasteiger partial charge in [-0.25, -0.2) is 0 Å². The van der Waals surface area contributed by atoms with Crippen molar-refractivity contribution in [3.63, 3.8) is 0 Å².